The van der Waals surface area contributed by atoms with Crippen molar-refractivity contribution in [1.29, 1.82) is 0 Å². The van der Waals surface area contributed by atoms with E-state index in [1.807, 2.05) is 13.8 Å². The molecule has 9 nitrogen and oxygen atoms in total. The Morgan fingerprint density at radius 1 is 0.769 bits per heavy atom. The first-order valence-corrected chi connectivity index (χ1v) is 8.54. The molecule has 0 aromatic carbocycles. The third kappa shape index (κ3) is 20.2. The summed E-state index contributed by atoms with van der Waals surface area (Å²) in [6.45, 7) is 7.65. The van der Waals surface area contributed by atoms with Gasteiger partial charge in [-0.1, -0.05) is 13.8 Å². The van der Waals surface area contributed by atoms with E-state index in [2.05, 4.69) is 10.6 Å². The van der Waals surface area contributed by atoms with Gasteiger partial charge in [-0.3, -0.25) is 9.59 Å². The van der Waals surface area contributed by atoms with Crippen LogP contribution in [0.5, 0.6) is 0 Å². The van der Waals surface area contributed by atoms with E-state index in [4.69, 9.17) is 24.1 Å². The fraction of sp³-hybridized carbons (Fsp3) is 0.875. The van der Waals surface area contributed by atoms with Gasteiger partial charge >= 0.3 is 0 Å². The molecule has 0 spiro atoms. The van der Waals surface area contributed by atoms with Gasteiger partial charge in [0.2, 0.25) is 11.8 Å². The Morgan fingerprint density at radius 2 is 1.15 bits per heavy atom. The van der Waals surface area contributed by atoms with Crippen LogP contribution in [-0.4, -0.2) is 89.5 Å². The van der Waals surface area contributed by atoms with E-state index in [0.717, 1.165) is 0 Å². The molecule has 0 aliphatic rings. The van der Waals surface area contributed by atoms with Crippen LogP contribution in [0.25, 0.3) is 0 Å². The number of nitrogens with one attached hydrogen (secondary N) is 2. The predicted octanol–water partition coefficient (Wildman–Crippen LogP) is -1.07. The molecule has 0 saturated carbocycles. The minimum atomic E-state index is -0.511. The van der Waals surface area contributed by atoms with E-state index in [0.29, 0.717) is 65.9 Å². The molecular weight excluding hydrogens is 421 g/mol. The Morgan fingerprint density at radius 3 is 1.54 bits per heavy atom. The minimum Gasteiger partial charge on any atom is -0.387 e. The van der Waals surface area contributed by atoms with Crippen molar-refractivity contribution < 1.29 is 66.4 Å². The topological polar surface area (TPSA) is 115 Å². The van der Waals surface area contributed by atoms with E-state index in [1.165, 1.54) is 0 Å². The maximum Gasteiger partial charge on any atom is 0.245 e. The molecule has 0 aromatic heterocycles. The number of hydrogen-bond acceptors (Lipinski definition) is 7. The normalized spacial score (nSPS) is 10.5. The first-order valence-electron chi connectivity index (χ1n) is 8.54. The molecule has 10 heteroatoms. The Kier molecular flexibility index (Phi) is 22.8. The summed E-state index contributed by atoms with van der Waals surface area (Å²) in [5.41, 5.74) is 0. The van der Waals surface area contributed by atoms with Gasteiger partial charge in [0.15, 0.2) is 0 Å². The van der Waals surface area contributed by atoms with Gasteiger partial charge in [0, 0.05) is 51.7 Å². The maximum absolute atomic E-state index is 11.3. The molecule has 3 N–H and O–H groups in total. The molecule has 0 aliphatic carbocycles. The van der Waals surface area contributed by atoms with Gasteiger partial charge in [-0.05, 0) is 0 Å². The molecule has 0 heterocycles. The van der Waals surface area contributed by atoms with Crippen molar-refractivity contribution in [3.05, 3.63) is 0 Å². The monoisotopic (exact) mass is 453 g/mol. The Bertz CT molecular complexity index is 347. The third-order valence-corrected chi connectivity index (χ3v) is 2.90. The zero-order valence-corrected chi connectivity index (χ0v) is 18.7. The molecule has 2 amide bonds. The van der Waals surface area contributed by atoms with Crippen LogP contribution >= 0.6 is 0 Å². The molecule has 26 heavy (non-hydrogen) atoms. The summed E-state index contributed by atoms with van der Waals surface area (Å²) in [7, 11) is 0. The number of aliphatic hydroxyl groups excluding tert-OH is 1. The van der Waals surface area contributed by atoms with Crippen molar-refractivity contribution in [2.24, 2.45) is 5.92 Å². The number of carbonyl (C=O) groups excluding carboxylic acids is 2. The standard InChI is InChI=1S/C16H32N2O7.Y/c1-14(2)16(21)18-4-6-23-8-10-25-12-11-24-9-7-22-5-3-17-15(20)13-19;/h14,19H,3-13H2,1-2H3,(H,17,20)(H,18,21);. The number of hydrogen-bond donors (Lipinski definition) is 3. The molecule has 0 fully saturated rings. The largest absolute Gasteiger partial charge is 0.387 e. The van der Waals surface area contributed by atoms with Crippen molar-refractivity contribution in [1.82, 2.24) is 10.6 Å². The van der Waals surface area contributed by atoms with Gasteiger partial charge in [0.05, 0.1) is 52.9 Å². The second-order valence-electron chi connectivity index (χ2n) is 5.40. The van der Waals surface area contributed by atoms with Crippen molar-refractivity contribution >= 4 is 11.8 Å². The van der Waals surface area contributed by atoms with Crippen molar-refractivity contribution in [2.75, 3.05) is 72.6 Å². The zero-order chi connectivity index (χ0) is 18.8. The molecule has 0 unspecified atom stereocenters. The van der Waals surface area contributed by atoms with E-state index in [9.17, 15) is 9.59 Å². The molecule has 0 atom stereocenters. The molecule has 1 radical (unpaired) electrons. The molecular formula is C16H32N2O7Y. The summed E-state index contributed by atoms with van der Waals surface area (Å²) in [5, 5.41) is 13.7. The zero-order valence-electron chi connectivity index (χ0n) is 15.8. The number of aliphatic hydroxyl groups is 1. The van der Waals surface area contributed by atoms with Gasteiger partial charge in [0.1, 0.15) is 6.61 Å². The van der Waals surface area contributed by atoms with Crippen LogP contribution in [0.2, 0.25) is 0 Å². The van der Waals surface area contributed by atoms with Crippen molar-refractivity contribution in [2.45, 2.75) is 13.8 Å². The maximum atomic E-state index is 11.3. The van der Waals surface area contributed by atoms with E-state index in [-0.39, 0.29) is 44.5 Å². The molecule has 0 rings (SSSR count). The average molecular weight is 453 g/mol. The Balaban J connectivity index is 0. The van der Waals surface area contributed by atoms with Crippen LogP contribution in [0, 0.1) is 5.92 Å². The molecule has 0 bridgehead atoms. The van der Waals surface area contributed by atoms with Gasteiger partial charge in [-0.2, -0.15) is 0 Å². The Labute approximate surface area is 180 Å². The van der Waals surface area contributed by atoms with Crippen LogP contribution in [0.1, 0.15) is 13.8 Å². The molecule has 0 saturated heterocycles. The number of rotatable bonds is 17. The minimum absolute atomic E-state index is 0. The van der Waals surface area contributed by atoms with Gasteiger partial charge in [-0.15, -0.1) is 0 Å². The summed E-state index contributed by atoms with van der Waals surface area (Å²) in [6.07, 6.45) is 0. The first-order chi connectivity index (χ1) is 12.1. The van der Waals surface area contributed by atoms with Crippen molar-refractivity contribution in [3.8, 4) is 0 Å². The summed E-state index contributed by atoms with van der Waals surface area (Å²) < 4.78 is 21.2. The second kappa shape index (κ2) is 21.1. The third-order valence-electron chi connectivity index (χ3n) is 2.90. The summed E-state index contributed by atoms with van der Waals surface area (Å²) in [5.74, 6) is -0.405. The molecule has 151 valence electrons. The van der Waals surface area contributed by atoms with Crippen LogP contribution in [0.3, 0.4) is 0 Å². The van der Waals surface area contributed by atoms with Gasteiger partial charge in [-0.25, -0.2) is 0 Å². The average Bonchev–Trinajstić information content (AvgIpc) is 2.60. The van der Waals surface area contributed by atoms with Crippen LogP contribution < -0.4 is 10.6 Å². The van der Waals surface area contributed by atoms with E-state index in [1.54, 1.807) is 0 Å². The quantitative estimate of drug-likeness (QED) is 0.240. The summed E-state index contributed by atoms with van der Waals surface area (Å²) in [6, 6.07) is 0. The fourth-order valence-corrected chi connectivity index (χ4v) is 1.53. The number of amides is 2. The van der Waals surface area contributed by atoms with Crippen LogP contribution in [-0.2, 0) is 61.2 Å². The van der Waals surface area contributed by atoms with Crippen LogP contribution in [0.15, 0.2) is 0 Å². The molecule has 0 aromatic rings. The van der Waals surface area contributed by atoms with Gasteiger partial charge in [0.25, 0.3) is 0 Å². The Hall–Kier alpha value is -0.156. The SMILES string of the molecule is CC(C)C(=O)NCCOCCOCCOCCOCCNC(=O)CO.[Y]. The number of carbonyl (C=O) groups is 2. The fourth-order valence-electron chi connectivity index (χ4n) is 1.53. The van der Waals surface area contributed by atoms with E-state index < -0.39 is 12.5 Å². The number of ether oxygens (including phenoxy) is 4. The summed E-state index contributed by atoms with van der Waals surface area (Å²) >= 11 is 0. The first kappa shape index (κ1) is 28.1. The van der Waals surface area contributed by atoms with Crippen LogP contribution in [0.4, 0.5) is 0 Å². The van der Waals surface area contributed by atoms with Gasteiger partial charge < -0.3 is 34.7 Å². The van der Waals surface area contributed by atoms with E-state index >= 15 is 0 Å². The summed E-state index contributed by atoms with van der Waals surface area (Å²) in [4.78, 5) is 22.0. The van der Waals surface area contributed by atoms with Crippen molar-refractivity contribution in [3.63, 3.8) is 0 Å². The molecule has 0 aliphatic heterocycles. The predicted molar refractivity (Wildman–Crippen MR) is 91.2 cm³/mol. The smallest absolute Gasteiger partial charge is 0.245 e. The second-order valence-corrected chi connectivity index (χ2v) is 5.40.